The van der Waals surface area contributed by atoms with Crippen molar-refractivity contribution in [2.75, 3.05) is 26.3 Å². The van der Waals surface area contributed by atoms with E-state index in [1.807, 2.05) is 30.3 Å². The van der Waals surface area contributed by atoms with Crippen LogP contribution in [0.4, 0.5) is 0 Å². The van der Waals surface area contributed by atoms with Gasteiger partial charge in [-0.15, -0.1) is 0 Å². The minimum Gasteiger partial charge on any atom is -0.368 e. The number of rotatable bonds is 0. The van der Waals surface area contributed by atoms with Crippen molar-refractivity contribution in [1.29, 1.82) is 0 Å². The van der Waals surface area contributed by atoms with Crippen LogP contribution >= 0.6 is 0 Å². The molecule has 0 radical (unpaired) electrons. The van der Waals surface area contributed by atoms with E-state index < -0.39 is 0 Å². The van der Waals surface area contributed by atoms with Crippen molar-refractivity contribution in [3.8, 4) is 11.8 Å². The van der Waals surface area contributed by atoms with Crippen molar-refractivity contribution in [2.24, 2.45) is 0 Å². The maximum Gasteiger partial charge on any atom is 0.224 e. The molecule has 1 aromatic carbocycles. The van der Waals surface area contributed by atoms with Crippen molar-refractivity contribution < 1.29 is 9.31 Å². The minimum atomic E-state index is 0.810. The molecule has 0 bridgehead atoms. The predicted molar refractivity (Wildman–Crippen MR) is 64.8 cm³/mol. The van der Waals surface area contributed by atoms with Gasteiger partial charge in [-0.3, -0.25) is 0 Å². The summed E-state index contributed by atoms with van der Waals surface area (Å²) in [6.45, 7) is 5.60. The lowest BCUT2D eigenvalue weighted by Gasteiger charge is -2.10. The number of hydrogen-bond donors (Lipinski definition) is 0. The zero-order valence-corrected chi connectivity index (χ0v) is 9.57. The van der Waals surface area contributed by atoms with Crippen molar-refractivity contribution in [1.82, 2.24) is 0 Å². The fourth-order valence-corrected chi connectivity index (χ4v) is 1.66. The van der Waals surface area contributed by atoms with Crippen LogP contribution in [0.5, 0.6) is 0 Å². The number of nitrogens with zero attached hydrogens (tertiary/aromatic N) is 1. The normalized spacial score (nSPS) is 15.2. The molecule has 1 saturated heterocycles. The molecule has 1 aliphatic rings. The third kappa shape index (κ3) is 2.95. The second kappa shape index (κ2) is 5.48. The van der Waals surface area contributed by atoms with Crippen LogP contribution in [0.2, 0.25) is 0 Å². The van der Waals surface area contributed by atoms with Gasteiger partial charge < -0.3 is 4.74 Å². The summed E-state index contributed by atoms with van der Waals surface area (Å²) in [5, 5.41) is 0. The highest BCUT2D eigenvalue weighted by Crippen LogP contribution is 1.95. The van der Waals surface area contributed by atoms with E-state index >= 15 is 0 Å². The Morgan fingerprint density at radius 1 is 1.19 bits per heavy atom. The van der Waals surface area contributed by atoms with Crippen molar-refractivity contribution in [2.45, 2.75) is 6.92 Å². The van der Waals surface area contributed by atoms with E-state index in [1.165, 1.54) is 0 Å². The van der Waals surface area contributed by atoms with Crippen LogP contribution in [-0.2, 0) is 4.74 Å². The summed E-state index contributed by atoms with van der Waals surface area (Å²) >= 11 is 0. The van der Waals surface area contributed by atoms with Gasteiger partial charge in [-0.05, 0) is 12.1 Å². The quantitative estimate of drug-likeness (QED) is 0.471. The molecule has 0 atom stereocenters. The minimum absolute atomic E-state index is 0.810. The summed E-state index contributed by atoms with van der Waals surface area (Å²) in [6.07, 6.45) is 0. The molecule has 1 aliphatic heterocycles. The Kier molecular flexibility index (Phi) is 3.74. The van der Waals surface area contributed by atoms with Crippen LogP contribution in [-0.4, -0.2) is 36.6 Å². The first-order valence-corrected chi connectivity index (χ1v) is 5.59. The first-order valence-electron chi connectivity index (χ1n) is 5.59. The van der Waals surface area contributed by atoms with Gasteiger partial charge in [-0.2, -0.15) is 0 Å². The fraction of sp³-hybridized carbons (Fsp3) is 0.357. The average Bonchev–Trinajstić information content (AvgIpc) is 2.38. The summed E-state index contributed by atoms with van der Waals surface area (Å²) in [7, 11) is 0. The van der Waals surface area contributed by atoms with Gasteiger partial charge in [0, 0.05) is 18.4 Å². The highest BCUT2D eigenvalue weighted by atomic mass is 16.5. The van der Waals surface area contributed by atoms with Crippen LogP contribution in [0.3, 0.4) is 0 Å². The van der Waals surface area contributed by atoms with Crippen LogP contribution in [0.15, 0.2) is 30.3 Å². The third-order valence-electron chi connectivity index (χ3n) is 2.65. The fourth-order valence-electron chi connectivity index (χ4n) is 1.66. The number of morpholine rings is 1. The molecular formula is C14H16NO+. The van der Waals surface area contributed by atoms with Crippen LogP contribution in [0.25, 0.3) is 0 Å². The molecule has 0 spiro atoms. The van der Waals surface area contributed by atoms with E-state index in [9.17, 15) is 0 Å². The van der Waals surface area contributed by atoms with Gasteiger partial charge in [0.2, 0.25) is 5.71 Å². The van der Waals surface area contributed by atoms with Gasteiger partial charge in [0.25, 0.3) is 0 Å². The molecular weight excluding hydrogens is 198 g/mol. The standard InChI is InChI=1S/C14H16NO/c1-13(15-9-11-16-12-10-15)7-8-14-5-3-2-4-6-14/h2-6H,9-12H2,1H3/q+1. The van der Waals surface area contributed by atoms with Crippen LogP contribution in [0, 0.1) is 11.8 Å². The number of hydrogen-bond acceptors (Lipinski definition) is 1. The van der Waals surface area contributed by atoms with Crippen LogP contribution < -0.4 is 0 Å². The van der Waals surface area contributed by atoms with E-state index in [0.29, 0.717) is 0 Å². The molecule has 1 heterocycles. The zero-order chi connectivity index (χ0) is 11.2. The second-order valence-electron chi connectivity index (χ2n) is 3.80. The molecule has 0 amide bonds. The first kappa shape index (κ1) is 10.9. The molecule has 2 rings (SSSR count). The molecule has 2 heteroatoms. The Morgan fingerprint density at radius 2 is 1.88 bits per heavy atom. The highest BCUT2D eigenvalue weighted by Gasteiger charge is 2.13. The summed E-state index contributed by atoms with van der Waals surface area (Å²) in [5.74, 6) is 6.38. The maximum atomic E-state index is 5.31. The van der Waals surface area contributed by atoms with E-state index in [1.54, 1.807) is 0 Å². The molecule has 0 N–H and O–H groups in total. The monoisotopic (exact) mass is 214 g/mol. The van der Waals surface area contributed by atoms with E-state index in [4.69, 9.17) is 4.74 Å². The number of benzene rings is 1. The van der Waals surface area contributed by atoms with Crippen molar-refractivity contribution >= 4 is 5.71 Å². The molecule has 0 unspecified atom stereocenters. The molecule has 1 fully saturated rings. The van der Waals surface area contributed by atoms with Crippen LogP contribution in [0.1, 0.15) is 12.5 Å². The Labute approximate surface area is 96.6 Å². The Bertz CT molecular complexity index is 429. The van der Waals surface area contributed by atoms with E-state index in [-0.39, 0.29) is 0 Å². The second-order valence-corrected chi connectivity index (χ2v) is 3.80. The lowest BCUT2D eigenvalue weighted by atomic mass is 10.2. The summed E-state index contributed by atoms with van der Waals surface area (Å²) in [4.78, 5) is 0. The first-order chi connectivity index (χ1) is 7.86. The Hall–Kier alpha value is -1.59. The molecule has 0 aliphatic carbocycles. The molecule has 2 nitrogen and oxygen atoms in total. The van der Waals surface area contributed by atoms with Gasteiger partial charge >= 0.3 is 0 Å². The van der Waals surface area contributed by atoms with Crippen molar-refractivity contribution in [3.05, 3.63) is 35.9 Å². The lowest BCUT2D eigenvalue weighted by Crippen LogP contribution is -2.31. The smallest absolute Gasteiger partial charge is 0.224 e. The van der Waals surface area contributed by atoms with Gasteiger partial charge in [-0.1, -0.05) is 24.1 Å². The molecule has 16 heavy (non-hydrogen) atoms. The largest absolute Gasteiger partial charge is 0.368 e. The van der Waals surface area contributed by atoms with Gasteiger partial charge in [0.05, 0.1) is 0 Å². The zero-order valence-electron chi connectivity index (χ0n) is 9.57. The summed E-state index contributed by atoms with van der Waals surface area (Å²) < 4.78 is 7.59. The Morgan fingerprint density at radius 3 is 2.56 bits per heavy atom. The summed E-state index contributed by atoms with van der Waals surface area (Å²) in [6, 6.07) is 10.1. The van der Waals surface area contributed by atoms with E-state index in [2.05, 4.69) is 23.3 Å². The maximum absolute atomic E-state index is 5.31. The lowest BCUT2D eigenvalue weighted by molar-refractivity contribution is -0.548. The van der Waals surface area contributed by atoms with Crippen molar-refractivity contribution in [3.63, 3.8) is 0 Å². The molecule has 1 aromatic rings. The number of ether oxygens (including phenoxy) is 1. The topological polar surface area (TPSA) is 12.2 Å². The highest BCUT2D eigenvalue weighted by molar-refractivity contribution is 5.95. The Balaban J connectivity index is 2.12. The molecule has 0 saturated carbocycles. The van der Waals surface area contributed by atoms with Gasteiger partial charge in [-0.25, -0.2) is 4.58 Å². The molecule has 82 valence electrons. The SMILES string of the molecule is CC(C#Cc1ccccc1)=[N+]1CCOCC1. The average molecular weight is 214 g/mol. The predicted octanol–water partition coefficient (Wildman–Crippen LogP) is 1.54. The summed E-state index contributed by atoms with van der Waals surface area (Å²) in [5.41, 5.74) is 2.20. The molecule has 0 aromatic heterocycles. The van der Waals surface area contributed by atoms with Gasteiger partial charge in [0.1, 0.15) is 13.2 Å². The van der Waals surface area contributed by atoms with Gasteiger partial charge in [0.15, 0.2) is 13.1 Å². The third-order valence-corrected chi connectivity index (χ3v) is 2.65. The van der Waals surface area contributed by atoms with E-state index in [0.717, 1.165) is 37.6 Å².